The third-order valence-electron chi connectivity index (χ3n) is 1.61. The van der Waals surface area contributed by atoms with E-state index in [2.05, 4.69) is 0 Å². The van der Waals surface area contributed by atoms with Crippen LogP contribution >= 0.6 is 0 Å². The number of hydrogen-bond donors (Lipinski definition) is 4. The Balaban J connectivity index is 3.19. The van der Waals surface area contributed by atoms with Crippen LogP contribution in [0.3, 0.4) is 0 Å². The van der Waals surface area contributed by atoms with Crippen LogP contribution in [0.1, 0.15) is 0 Å². The first-order chi connectivity index (χ1) is 6.02. The average molecular weight is 186 g/mol. The normalized spacial score (nSPS) is 15.4. The third kappa shape index (κ3) is 2.14. The summed E-state index contributed by atoms with van der Waals surface area (Å²) in [5.74, 6) is -0.164. The van der Waals surface area contributed by atoms with Crippen molar-refractivity contribution >= 4 is 11.4 Å². The fourth-order valence-electron chi connectivity index (χ4n) is 1.02. The molecule has 0 aliphatic heterocycles. The first-order valence-electron chi connectivity index (χ1n) is 3.59. The summed E-state index contributed by atoms with van der Waals surface area (Å²) in [6.45, 7) is 0. The Kier molecular flexibility index (Phi) is 2.81. The molecule has 4 N–H and O–H groups in total. The summed E-state index contributed by atoms with van der Waals surface area (Å²) in [5, 5.41) is 37.7. The molecule has 0 fully saturated rings. The van der Waals surface area contributed by atoms with Gasteiger partial charge in [-0.05, 0) is 6.07 Å². The highest BCUT2D eigenvalue weighted by Crippen LogP contribution is 2.19. The third-order valence-corrected chi connectivity index (χ3v) is 1.61. The molecule has 0 radical (unpaired) electrons. The standard InChI is InChI=1S/C7H10N2O4/c1-8(11)6-3-2-5(10)4-7(6)9(12)13/h2-4,8-10,12H,1H3. The molecule has 6 nitrogen and oxygen atoms in total. The Morgan fingerprint density at radius 1 is 1.23 bits per heavy atom. The zero-order chi connectivity index (χ0) is 10.0. The Bertz CT molecular complexity index is 301. The minimum absolute atomic E-state index is 0.102. The van der Waals surface area contributed by atoms with Gasteiger partial charge in [0.1, 0.15) is 5.75 Å². The number of rotatable bonds is 2. The van der Waals surface area contributed by atoms with Crippen LogP contribution in [-0.2, 0) is 0 Å². The molecule has 1 aromatic rings. The highest BCUT2D eigenvalue weighted by atomic mass is 16.8. The quantitative estimate of drug-likeness (QED) is 0.332. The minimum Gasteiger partial charge on any atom is -0.629 e. The number of phenolic OH excluding ortho intramolecular Hbond substituents is 1. The van der Waals surface area contributed by atoms with E-state index >= 15 is 0 Å². The molecule has 0 amide bonds. The minimum atomic E-state index is -1.22. The van der Waals surface area contributed by atoms with E-state index in [9.17, 15) is 10.4 Å². The van der Waals surface area contributed by atoms with Crippen molar-refractivity contribution in [1.82, 2.24) is 0 Å². The van der Waals surface area contributed by atoms with Gasteiger partial charge in [-0.15, -0.1) is 0 Å². The van der Waals surface area contributed by atoms with E-state index in [0.29, 0.717) is 0 Å². The van der Waals surface area contributed by atoms with Gasteiger partial charge in [-0.3, -0.25) is 0 Å². The molecular formula is C7H10N2O4. The van der Waals surface area contributed by atoms with Crippen LogP contribution in [0.5, 0.6) is 5.75 Å². The van der Waals surface area contributed by atoms with Crippen molar-refractivity contribution in [3.63, 3.8) is 0 Å². The lowest BCUT2D eigenvalue weighted by molar-refractivity contribution is -0.993. The average Bonchev–Trinajstić information content (AvgIpc) is 2.03. The van der Waals surface area contributed by atoms with Crippen LogP contribution in [0.25, 0.3) is 0 Å². The number of hydroxylamine groups is 1. The molecule has 72 valence electrons. The summed E-state index contributed by atoms with van der Waals surface area (Å²) < 4.78 is 0. The first-order valence-corrected chi connectivity index (χ1v) is 3.59. The molecule has 0 aliphatic rings. The van der Waals surface area contributed by atoms with Crippen LogP contribution in [0.2, 0.25) is 0 Å². The number of hydrogen-bond acceptors (Lipinski definition) is 4. The second kappa shape index (κ2) is 3.69. The Morgan fingerprint density at radius 3 is 2.31 bits per heavy atom. The van der Waals surface area contributed by atoms with E-state index in [0.717, 1.165) is 6.07 Å². The smallest absolute Gasteiger partial charge is 0.229 e. The second-order valence-electron chi connectivity index (χ2n) is 2.59. The lowest BCUT2D eigenvalue weighted by Gasteiger charge is -2.20. The van der Waals surface area contributed by atoms with Gasteiger partial charge >= 0.3 is 0 Å². The predicted molar refractivity (Wildman–Crippen MR) is 43.8 cm³/mol. The van der Waals surface area contributed by atoms with Crippen LogP contribution in [-0.4, -0.2) is 17.4 Å². The maximum atomic E-state index is 10.9. The lowest BCUT2D eigenvalue weighted by atomic mass is 10.2. The van der Waals surface area contributed by atoms with E-state index in [1.807, 2.05) is 0 Å². The summed E-state index contributed by atoms with van der Waals surface area (Å²) in [6, 6.07) is 3.63. The summed E-state index contributed by atoms with van der Waals surface area (Å²) in [7, 11) is 1.28. The fourth-order valence-corrected chi connectivity index (χ4v) is 1.02. The Labute approximate surface area is 74.4 Å². The molecule has 2 atom stereocenters. The molecule has 1 rings (SSSR count). The van der Waals surface area contributed by atoms with E-state index in [1.54, 1.807) is 0 Å². The second-order valence-corrected chi connectivity index (χ2v) is 2.59. The van der Waals surface area contributed by atoms with E-state index in [-0.39, 0.29) is 22.2 Å². The van der Waals surface area contributed by atoms with Gasteiger partial charge in [0.05, 0.1) is 13.1 Å². The number of benzene rings is 1. The molecule has 6 heteroatoms. The van der Waals surface area contributed by atoms with Crippen LogP contribution in [0.4, 0.5) is 11.4 Å². The first kappa shape index (κ1) is 9.90. The van der Waals surface area contributed by atoms with Crippen molar-refractivity contribution in [1.29, 1.82) is 0 Å². The number of quaternary nitrogens is 2. The highest BCUT2D eigenvalue weighted by molar-refractivity contribution is 5.54. The zero-order valence-corrected chi connectivity index (χ0v) is 6.94. The van der Waals surface area contributed by atoms with Crippen LogP contribution in [0.15, 0.2) is 18.2 Å². The monoisotopic (exact) mass is 186 g/mol. The zero-order valence-electron chi connectivity index (χ0n) is 6.94. The van der Waals surface area contributed by atoms with Gasteiger partial charge in [0.2, 0.25) is 5.69 Å². The van der Waals surface area contributed by atoms with Crippen LogP contribution in [0, 0.1) is 10.4 Å². The molecule has 13 heavy (non-hydrogen) atoms. The summed E-state index contributed by atoms with van der Waals surface area (Å²) >= 11 is 0. The van der Waals surface area contributed by atoms with Gasteiger partial charge in [-0.1, -0.05) is 0 Å². The topological polar surface area (TPSA) is 95.5 Å². The molecule has 0 saturated carbocycles. The lowest BCUT2D eigenvalue weighted by Crippen LogP contribution is -3.04. The van der Waals surface area contributed by atoms with Gasteiger partial charge in [0.25, 0.3) is 0 Å². The molecule has 0 aliphatic carbocycles. The largest absolute Gasteiger partial charge is 0.629 e. The Hall–Kier alpha value is -1.18. The number of nitrogens with one attached hydrogen (secondary N) is 2. The molecular weight excluding hydrogens is 176 g/mol. The fraction of sp³-hybridized carbons (Fsp3) is 0.143. The molecule has 0 heterocycles. The summed E-state index contributed by atoms with van der Waals surface area (Å²) in [5.41, 5.74) is -0.0715. The van der Waals surface area contributed by atoms with Crippen molar-refractivity contribution in [2.45, 2.75) is 0 Å². The van der Waals surface area contributed by atoms with E-state index in [1.165, 1.54) is 19.2 Å². The number of phenols is 1. The van der Waals surface area contributed by atoms with E-state index in [4.69, 9.17) is 10.3 Å². The van der Waals surface area contributed by atoms with E-state index < -0.39 is 5.23 Å². The van der Waals surface area contributed by atoms with Crippen molar-refractivity contribution in [2.75, 3.05) is 7.05 Å². The van der Waals surface area contributed by atoms with Crippen LogP contribution < -0.4 is 10.3 Å². The maximum absolute atomic E-state index is 10.9. The van der Waals surface area contributed by atoms with Crippen molar-refractivity contribution in [3.05, 3.63) is 28.6 Å². The van der Waals surface area contributed by atoms with Gasteiger partial charge in [-0.25, -0.2) is 5.21 Å². The summed E-state index contributed by atoms with van der Waals surface area (Å²) in [4.78, 5) is 0. The van der Waals surface area contributed by atoms with Crippen molar-refractivity contribution < 1.29 is 20.6 Å². The molecule has 0 spiro atoms. The van der Waals surface area contributed by atoms with Crippen molar-refractivity contribution in [2.24, 2.45) is 0 Å². The van der Waals surface area contributed by atoms with Gasteiger partial charge < -0.3 is 20.6 Å². The van der Waals surface area contributed by atoms with Gasteiger partial charge in [0, 0.05) is 6.07 Å². The maximum Gasteiger partial charge on any atom is 0.229 e. The SMILES string of the molecule is C[NH+]([O-])c1ccc(O)cc1[NH+]([O-])O. The van der Waals surface area contributed by atoms with Gasteiger partial charge in [-0.2, -0.15) is 5.23 Å². The van der Waals surface area contributed by atoms with Gasteiger partial charge in [0.15, 0.2) is 5.69 Å². The predicted octanol–water partition coefficient (Wildman–Crippen LogP) is -1.56. The Morgan fingerprint density at radius 2 is 1.85 bits per heavy atom. The van der Waals surface area contributed by atoms with Crippen molar-refractivity contribution in [3.8, 4) is 5.75 Å². The molecule has 0 bridgehead atoms. The molecule has 2 unspecified atom stereocenters. The molecule has 0 aromatic heterocycles. The molecule has 0 saturated heterocycles. The number of aromatic hydroxyl groups is 1. The highest BCUT2D eigenvalue weighted by Gasteiger charge is 2.13. The summed E-state index contributed by atoms with van der Waals surface area (Å²) in [6.07, 6.45) is 0. The molecule has 1 aromatic carbocycles.